The lowest BCUT2D eigenvalue weighted by molar-refractivity contribution is 0.558. The lowest BCUT2D eigenvalue weighted by Gasteiger charge is -2.14. The normalized spacial score (nSPS) is 11.6. The highest BCUT2D eigenvalue weighted by molar-refractivity contribution is 6.13. The van der Waals surface area contributed by atoms with E-state index in [0.717, 1.165) is 67.8 Å². The van der Waals surface area contributed by atoms with Gasteiger partial charge in [0.2, 0.25) is 11.4 Å². The quantitative estimate of drug-likeness (QED) is 0.164. The summed E-state index contributed by atoms with van der Waals surface area (Å²) in [6.07, 6.45) is 0. The largest absolute Gasteiger partial charge is 0.459 e. The minimum Gasteiger partial charge on any atom is -0.459 e. The van der Waals surface area contributed by atoms with Gasteiger partial charge in [0, 0.05) is 77.2 Å². The van der Waals surface area contributed by atoms with Gasteiger partial charge in [-0.1, -0.05) is 194 Å². The highest BCUT2D eigenvalue weighted by atomic mass is 16.4. The van der Waals surface area contributed by atoms with Crippen molar-refractivity contribution in [3.05, 3.63) is 389 Å². The van der Waals surface area contributed by atoms with Crippen molar-refractivity contribution in [3.8, 4) is 34.1 Å². The van der Waals surface area contributed by atoms with E-state index in [1.807, 2.05) is 57.2 Å². The van der Waals surface area contributed by atoms with Crippen molar-refractivity contribution in [2.75, 3.05) is 0 Å². The topological polar surface area (TPSA) is 108 Å². The van der Waals surface area contributed by atoms with Gasteiger partial charge in [-0.25, -0.2) is 0 Å². The van der Waals surface area contributed by atoms with E-state index in [-0.39, 0.29) is 0 Å². The van der Waals surface area contributed by atoms with Crippen LogP contribution < -0.4 is 0 Å². The highest BCUT2D eigenvalue weighted by Crippen LogP contribution is 2.46. The summed E-state index contributed by atoms with van der Waals surface area (Å²) in [5.41, 5.74) is 51.1. The zero-order valence-electron chi connectivity index (χ0n) is 80.4. The first-order chi connectivity index (χ1) is 63.6. The molecule has 12 heteroatoms. The zero-order valence-corrected chi connectivity index (χ0v) is 80.4. The Morgan fingerprint density at radius 2 is 0.424 bits per heavy atom. The minimum absolute atomic E-state index is 0.952. The van der Waals surface area contributed by atoms with Crippen LogP contribution in [0.3, 0.4) is 0 Å². The smallest absolute Gasteiger partial charge is 0.213 e. The molecule has 12 heterocycles. The number of furan rings is 6. The molecule has 0 aliphatic rings. The minimum atomic E-state index is 0.952. The predicted octanol–water partition coefficient (Wildman–Crippen LogP) is 33.7. The number of nitrogens with zero attached hydrogens (tertiary/aromatic N) is 6. The Balaban J connectivity index is 0.000000102. The number of para-hydroxylation sites is 12. The van der Waals surface area contributed by atoms with E-state index in [9.17, 15) is 0 Å². The number of hydrogen-bond acceptors (Lipinski definition) is 6. The van der Waals surface area contributed by atoms with Gasteiger partial charge in [-0.2, -0.15) is 0 Å². The van der Waals surface area contributed by atoms with Crippen molar-refractivity contribution < 1.29 is 26.5 Å². The van der Waals surface area contributed by atoms with Gasteiger partial charge in [-0.15, -0.1) is 0 Å². The third-order valence-corrected chi connectivity index (χ3v) is 28.0. The Kier molecular flexibility index (Phi) is 22.2. The summed E-state index contributed by atoms with van der Waals surface area (Å²) in [5.74, 6) is 2.99. The van der Waals surface area contributed by atoms with Gasteiger partial charge >= 0.3 is 0 Å². The fraction of sp³-hybridized carbons (Fsp3) is 0.200. The molecular weight excluding hydrogens is 1620 g/mol. The SMILES string of the molecule is Cc1cccc(C)c1-n1c(C)c(C)c2c3ccccc3oc21.Cc1cccc(C)c1-n1c(C)c(C)c2oc3ccccc3c21.Cc1cccc(C)c1-n1c(C)c(C)c2oc3ccccc3c21.Cc1cccc(C)c1-n1c2ccccc2c2c(C)c(C)oc21.Cc1cccc(C)c1-n1c2ccccc2c2oc(C)c(C)c21.Cc1cccc(C)c1-n1c2ccccc2c2oc(C)c(C)c21. The number of rotatable bonds is 6. The van der Waals surface area contributed by atoms with Crippen LogP contribution in [0.2, 0.25) is 0 Å². The summed E-state index contributed by atoms with van der Waals surface area (Å²) in [6, 6.07) is 89.0. The van der Waals surface area contributed by atoms with Crippen LogP contribution >= 0.6 is 0 Å². The molecule has 0 saturated heterocycles. The van der Waals surface area contributed by atoms with Gasteiger partial charge in [0.25, 0.3) is 0 Å². The van der Waals surface area contributed by atoms with E-state index in [0.29, 0.717) is 0 Å². The van der Waals surface area contributed by atoms with E-state index in [4.69, 9.17) is 26.5 Å². The summed E-state index contributed by atoms with van der Waals surface area (Å²) >= 11 is 0. The molecule has 660 valence electrons. The molecule has 0 aliphatic carbocycles. The molecule has 24 aromatic rings. The Bertz CT molecular complexity index is 8220. The summed E-state index contributed by atoms with van der Waals surface area (Å²) in [4.78, 5) is 0. The van der Waals surface area contributed by atoms with Gasteiger partial charge in [0.1, 0.15) is 45.1 Å². The van der Waals surface area contributed by atoms with Gasteiger partial charge in [0.15, 0.2) is 22.3 Å². The molecule has 0 fully saturated rings. The third-order valence-electron chi connectivity index (χ3n) is 28.0. The number of hydrogen-bond donors (Lipinski definition) is 0. The molecular formula is C120H114N6O6. The average Bonchev–Trinajstić information content (AvgIpc) is 1.60. The third kappa shape index (κ3) is 14.0. The lowest BCUT2D eigenvalue weighted by atomic mass is 10.1. The molecule has 12 aromatic heterocycles. The maximum Gasteiger partial charge on any atom is 0.213 e. The van der Waals surface area contributed by atoms with Crippen LogP contribution in [0.25, 0.3) is 166 Å². The molecule has 0 unspecified atom stereocenters. The second kappa shape index (κ2) is 33.9. The standard InChI is InChI=1S/6C20H19NO/c1-12-8-7-9-13(2)19(12)21-17-11-6-5-10-16(17)18-14(3)15(4)22-20(18)21;1-12-8-7-9-13(2)19(12)21-15(4)14(3)18-16-10-5-6-11-17(16)22-20(18)21;2*1-12-8-7-9-13(2)18(12)21-15(4)14(3)20-19(21)16-10-5-6-11-17(16)22-20;2*1-12-8-7-9-13(2)18(12)21-17-11-6-5-10-16(17)20-19(21)14(3)15(4)22-20/h6*5-11H,1-4H3. The Hall–Kier alpha value is -14.9. The second-order valence-corrected chi connectivity index (χ2v) is 36.4. The Labute approximate surface area is 770 Å². The lowest BCUT2D eigenvalue weighted by Crippen LogP contribution is -2.02. The van der Waals surface area contributed by atoms with E-state index in [1.54, 1.807) is 0 Å². The number of aryl methyl sites for hydroxylation is 21. The highest BCUT2D eigenvalue weighted by Gasteiger charge is 2.29. The van der Waals surface area contributed by atoms with Crippen molar-refractivity contribution >= 4 is 132 Å². The van der Waals surface area contributed by atoms with Crippen molar-refractivity contribution in [3.63, 3.8) is 0 Å². The van der Waals surface area contributed by atoms with Crippen LogP contribution in [-0.2, 0) is 0 Å². The molecule has 12 aromatic carbocycles. The predicted molar refractivity (Wildman–Crippen MR) is 552 cm³/mol. The van der Waals surface area contributed by atoms with Crippen LogP contribution in [0.4, 0.5) is 0 Å². The molecule has 0 atom stereocenters. The first kappa shape index (κ1) is 86.5. The second-order valence-electron chi connectivity index (χ2n) is 36.4. The number of benzene rings is 12. The maximum absolute atomic E-state index is 6.21. The molecule has 0 bridgehead atoms. The Morgan fingerprint density at radius 1 is 0.167 bits per heavy atom. The van der Waals surface area contributed by atoms with Crippen LogP contribution in [0.1, 0.15) is 135 Å². The van der Waals surface area contributed by atoms with Gasteiger partial charge in [0.05, 0.1) is 72.5 Å². The van der Waals surface area contributed by atoms with E-state index >= 15 is 0 Å². The summed E-state index contributed by atoms with van der Waals surface area (Å²) in [5, 5.41) is 9.63. The molecule has 0 aliphatic heterocycles. The summed E-state index contributed by atoms with van der Waals surface area (Å²) in [6.45, 7) is 51.5. The molecule has 0 amide bonds. The fourth-order valence-electron chi connectivity index (χ4n) is 20.7. The zero-order chi connectivity index (χ0) is 92.6. The molecule has 0 radical (unpaired) electrons. The van der Waals surface area contributed by atoms with Crippen molar-refractivity contribution in [1.82, 2.24) is 27.4 Å². The first-order valence-electron chi connectivity index (χ1n) is 45.9. The molecule has 132 heavy (non-hydrogen) atoms. The molecule has 12 nitrogen and oxygen atoms in total. The molecule has 0 N–H and O–H groups in total. The monoisotopic (exact) mass is 1730 g/mol. The molecule has 24 rings (SSSR count). The van der Waals surface area contributed by atoms with Crippen molar-refractivity contribution in [2.45, 2.75) is 166 Å². The summed E-state index contributed by atoms with van der Waals surface area (Å²) < 4.78 is 50.7. The van der Waals surface area contributed by atoms with E-state index < -0.39 is 0 Å². The van der Waals surface area contributed by atoms with Crippen LogP contribution in [-0.4, -0.2) is 27.4 Å². The molecule has 0 spiro atoms. The van der Waals surface area contributed by atoms with Crippen LogP contribution in [0.5, 0.6) is 0 Å². The van der Waals surface area contributed by atoms with Gasteiger partial charge in [-0.05, 0) is 299 Å². The van der Waals surface area contributed by atoms with E-state index in [1.165, 1.54) is 233 Å². The molecule has 0 saturated carbocycles. The van der Waals surface area contributed by atoms with Crippen molar-refractivity contribution in [1.29, 1.82) is 0 Å². The average molecular weight is 1740 g/mol. The summed E-state index contributed by atoms with van der Waals surface area (Å²) in [7, 11) is 0. The first-order valence-corrected chi connectivity index (χ1v) is 45.9. The Morgan fingerprint density at radius 3 is 0.788 bits per heavy atom. The number of aromatic nitrogens is 6. The van der Waals surface area contributed by atoms with Gasteiger partial charge in [-0.3, -0.25) is 9.13 Å². The van der Waals surface area contributed by atoms with E-state index in [2.05, 4.69) is 391 Å². The van der Waals surface area contributed by atoms with Crippen LogP contribution in [0.15, 0.2) is 281 Å². The fourth-order valence-corrected chi connectivity index (χ4v) is 20.7. The maximum atomic E-state index is 6.21. The van der Waals surface area contributed by atoms with Crippen LogP contribution in [0, 0.1) is 166 Å². The van der Waals surface area contributed by atoms with Gasteiger partial charge < -0.3 is 44.8 Å². The van der Waals surface area contributed by atoms with Crippen molar-refractivity contribution in [2.24, 2.45) is 0 Å². The number of fused-ring (bicyclic) bond motifs is 18.